The molecule has 0 unspecified atom stereocenters. The van der Waals surface area contributed by atoms with Crippen molar-refractivity contribution in [3.05, 3.63) is 56.5 Å². The first-order chi connectivity index (χ1) is 11.1. The van der Waals surface area contributed by atoms with Crippen LogP contribution in [0.3, 0.4) is 0 Å². The number of hydrogen-bond acceptors (Lipinski definition) is 3. The Kier molecular flexibility index (Phi) is 4.83. The topological polar surface area (TPSA) is 33.1 Å². The van der Waals surface area contributed by atoms with Gasteiger partial charge in [-0.3, -0.25) is 0 Å². The van der Waals surface area contributed by atoms with Crippen molar-refractivity contribution in [1.29, 1.82) is 0 Å². The van der Waals surface area contributed by atoms with Gasteiger partial charge in [0, 0.05) is 0 Å². The first-order valence-electron chi connectivity index (χ1n) is 7.63. The molecule has 1 heterocycles. The van der Waals surface area contributed by atoms with Crippen LogP contribution in [0.2, 0.25) is 0 Å². The highest BCUT2D eigenvalue weighted by Gasteiger charge is 2.06. The van der Waals surface area contributed by atoms with Crippen LogP contribution in [0.1, 0.15) is 35.0 Å². The molecule has 3 rings (SSSR count). The van der Waals surface area contributed by atoms with Gasteiger partial charge in [-0.05, 0) is 76.3 Å². The van der Waals surface area contributed by atoms with Crippen LogP contribution in [0, 0.1) is 6.92 Å². The van der Waals surface area contributed by atoms with Crippen LogP contribution in [0.5, 0.6) is 5.75 Å². The second-order valence-corrected chi connectivity index (χ2v) is 7.51. The second kappa shape index (κ2) is 6.85. The fourth-order valence-electron chi connectivity index (χ4n) is 2.54. The molecule has 0 amide bonds. The van der Waals surface area contributed by atoms with E-state index in [1.807, 2.05) is 24.3 Å². The molecule has 2 nitrogen and oxygen atoms in total. The van der Waals surface area contributed by atoms with E-state index in [4.69, 9.17) is 4.98 Å². The highest BCUT2D eigenvalue weighted by atomic mass is 79.9. The third kappa shape index (κ3) is 3.65. The molecule has 0 spiro atoms. The minimum Gasteiger partial charge on any atom is -0.507 e. The van der Waals surface area contributed by atoms with E-state index >= 15 is 0 Å². The highest BCUT2D eigenvalue weighted by Crippen LogP contribution is 2.28. The van der Waals surface area contributed by atoms with Gasteiger partial charge in [0.15, 0.2) is 0 Å². The summed E-state index contributed by atoms with van der Waals surface area (Å²) in [6.45, 7) is 4.37. The maximum atomic E-state index is 9.54. The molecule has 0 radical (unpaired) electrons. The second-order valence-electron chi connectivity index (χ2n) is 5.59. The molecule has 0 saturated carbocycles. The maximum Gasteiger partial charge on any atom is 0.129 e. The summed E-state index contributed by atoms with van der Waals surface area (Å²) in [5.41, 5.74) is 4.83. The number of fused-ring (bicyclic) bond motifs is 1. The lowest BCUT2D eigenvalue weighted by Crippen LogP contribution is -1.87. The van der Waals surface area contributed by atoms with Crippen molar-refractivity contribution in [1.82, 2.24) is 4.98 Å². The molecule has 0 aliphatic heterocycles. The van der Waals surface area contributed by atoms with Gasteiger partial charge in [0.1, 0.15) is 10.8 Å². The Labute approximate surface area is 148 Å². The van der Waals surface area contributed by atoms with Crippen molar-refractivity contribution in [3.63, 3.8) is 0 Å². The summed E-state index contributed by atoms with van der Waals surface area (Å²) in [7, 11) is 0. The number of phenols is 1. The molecule has 0 saturated heterocycles. The zero-order valence-electron chi connectivity index (χ0n) is 13.1. The Morgan fingerprint density at radius 1 is 1.22 bits per heavy atom. The number of nitrogens with zero attached hydrogens (tertiary/aromatic N) is 1. The van der Waals surface area contributed by atoms with Gasteiger partial charge < -0.3 is 5.11 Å². The quantitative estimate of drug-likeness (QED) is 0.578. The maximum absolute atomic E-state index is 9.54. The highest BCUT2D eigenvalue weighted by molar-refractivity contribution is 9.10. The smallest absolute Gasteiger partial charge is 0.129 e. The minimum absolute atomic E-state index is 0.251. The summed E-state index contributed by atoms with van der Waals surface area (Å²) < 4.78 is 1.94. The first kappa shape index (κ1) is 16.2. The van der Waals surface area contributed by atoms with Crippen molar-refractivity contribution in [2.24, 2.45) is 0 Å². The molecule has 1 N–H and O–H groups in total. The van der Waals surface area contributed by atoms with E-state index in [0.29, 0.717) is 4.47 Å². The summed E-state index contributed by atoms with van der Waals surface area (Å²) in [5, 5.41) is 10.5. The molecule has 1 aromatic heterocycles. The normalized spacial score (nSPS) is 11.6. The third-order valence-corrected chi connectivity index (χ3v) is 5.39. The van der Waals surface area contributed by atoms with Crippen molar-refractivity contribution >= 4 is 49.6 Å². The Morgan fingerprint density at radius 3 is 2.78 bits per heavy atom. The zero-order valence-corrected chi connectivity index (χ0v) is 15.5. The van der Waals surface area contributed by atoms with E-state index in [1.165, 1.54) is 15.8 Å². The molecule has 2 aromatic carbocycles. The van der Waals surface area contributed by atoms with Crippen LogP contribution in [0.4, 0.5) is 0 Å². The minimum atomic E-state index is 0.251. The van der Waals surface area contributed by atoms with Crippen LogP contribution in [0.25, 0.3) is 22.4 Å². The van der Waals surface area contributed by atoms with Gasteiger partial charge in [0.05, 0.1) is 14.7 Å². The number of aromatic nitrogens is 1. The van der Waals surface area contributed by atoms with Crippen molar-refractivity contribution < 1.29 is 5.11 Å². The predicted octanol–water partition coefficient (Wildman–Crippen LogP) is 6.20. The average Bonchev–Trinajstić information content (AvgIpc) is 2.91. The lowest BCUT2D eigenvalue weighted by atomic mass is 10.0. The number of thiazole rings is 1. The summed E-state index contributed by atoms with van der Waals surface area (Å²) in [4.78, 5) is 4.70. The fourth-order valence-corrected chi connectivity index (χ4v) is 3.85. The molecule has 3 aromatic rings. The monoisotopic (exact) mass is 387 g/mol. The molecule has 23 heavy (non-hydrogen) atoms. The number of rotatable bonds is 4. The van der Waals surface area contributed by atoms with E-state index < -0.39 is 0 Å². The van der Waals surface area contributed by atoms with E-state index in [0.717, 1.165) is 28.9 Å². The number of aryl methyl sites for hydroxylation is 2. The van der Waals surface area contributed by atoms with Crippen LogP contribution in [-0.4, -0.2) is 10.1 Å². The van der Waals surface area contributed by atoms with E-state index in [2.05, 4.69) is 41.9 Å². The summed E-state index contributed by atoms with van der Waals surface area (Å²) in [5.74, 6) is 0.251. The van der Waals surface area contributed by atoms with Gasteiger partial charge in [-0.1, -0.05) is 25.5 Å². The summed E-state index contributed by atoms with van der Waals surface area (Å²) in [6.07, 6.45) is 6.32. The lowest BCUT2D eigenvalue weighted by Gasteiger charge is -2.03. The predicted molar refractivity (Wildman–Crippen MR) is 103 cm³/mol. The molecule has 0 atom stereocenters. The van der Waals surface area contributed by atoms with Crippen molar-refractivity contribution in [3.8, 4) is 5.75 Å². The van der Waals surface area contributed by atoms with E-state index in [1.54, 1.807) is 17.4 Å². The van der Waals surface area contributed by atoms with Gasteiger partial charge in [0.2, 0.25) is 0 Å². The van der Waals surface area contributed by atoms with Crippen molar-refractivity contribution in [2.45, 2.75) is 26.7 Å². The van der Waals surface area contributed by atoms with Crippen LogP contribution in [-0.2, 0) is 6.42 Å². The van der Waals surface area contributed by atoms with Gasteiger partial charge in [-0.2, -0.15) is 0 Å². The van der Waals surface area contributed by atoms with Crippen LogP contribution < -0.4 is 0 Å². The fraction of sp³-hybridized carbons (Fsp3) is 0.211. The molecule has 4 heteroatoms. The molecular weight excluding hydrogens is 370 g/mol. The van der Waals surface area contributed by atoms with E-state index in [-0.39, 0.29) is 5.75 Å². The standard InChI is InChI=1S/C19H18BrNOS/c1-3-4-14-11-18-16(9-12(14)2)21-19(23-18)8-6-13-5-7-17(22)15(20)10-13/h5-11,22H,3-4H2,1-2H3/b8-6+. The number of aromatic hydroxyl groups is 1. The lowest BCUT2D eigenvalue weighted by molar-refractivity contribution is 0.472. The Morgan fingerprint density at radius 2 is 2.04 bits per heavy atom. The van der Waals surface area contributed by atoms with E-state index in [9.17, 15) is 5.11 Å². The zero-order chi connectivity index (χ0) is 16.4. The Balaban J connectivity index is 1.90. The van der Waals surface area contributed by atoms with Crippen LogP contribution >= 0.6 is 27.3 Å². The molecule has 0 fully saturated rings. The SMILES string of the molecule is CCCc1cc2sc(/C=C/c3ccc(O)c(Br)c3)nc2cc1C. The Hall–Kier alpha value is -1.65. The number of benzene rings is 2. The molecule has 118 valence electrons. The number of halogens is 1. The van der Waals surface area contributed by atoms with Crippen LogP contribution in [0.15, 0.2) is 34.8 Å². The molecule has 0 aliphatic rings. The van der Waals surface area contributed by atoms with Crippen molar-refractivity contribution in [2.75, 3.05) is 0 Å². The van der Waals surface area contributed by atoms with Gasteiger partial charge >= 0.3 is 0 Å². The molecule has 0 bridgehead atoms. The largest absolute Gasteiger partial charge is 0.507 e. The first-order valence-corrected chi connectivity index (χ1v) is 9.24. The average molecular weight is 388 g/mol. The summed E-state index contributed by atoms with van der Waals surface area (Å²) in [6, 6.07) is 9.92. The Bertz CT molecular complexity index is 882. The summed E-state index contributed by atoms with van der Waals surface area (Å²) >= 11 is 5.05. The molecular formula is C19H18BrNOS. The third-order valence-electron chi connectivity index (χ3n) is 3.77. The van der Waals surface area contributed by atoms with Gasteiger partial charge in [-0.25, -0.2) is 4.98 Å². The molecule has 0 aliphatic carbocycles. The van der Waals surface area contributed by atoms with Gasteiger partial charge in [0.25, 0.3) is 0 Å². The van der Waals surface area contributed by atoms with Gasteiger partial charge in [-0.15, -0.1) is 11.3 Å². The number of phenolic OH excluding ortho intramolecular Hbond substituents is 1. The number of hydrogen-bond donors (Lipinski definition) is 1.